The number of nitrogens with zero attached hydrogens (tertiary/aromatic N) is 3. The van der Waals surface area contributed by atoms with Crippen LogP contribution in [0.25, 0.3) is 11.1 Å². The molecule has 0 unspecified atom stereocenters. The molecule has 3 heterocycles. The van der Waals surface area contributed by atoms with Crippen molar-refractivity contribution in [2.45, 2.75) is 38.3 Å². The first-order chi connectivity index (χ1) is 16.2. The van der Waals surface area contributed by atoms with E-state index in [-0.39, 0.29) is 17.9 Å². The lowest BCUT2D eigenvalue weighted by molar-refractivity contribution is -0.124. The molecule has 1 saturated carbocycles. The third-order valence-electron chi connectivity index (χ3n) is 6.70. The van der Waals surface area contributed by atoms with Crippen molar-refractivity contribution in [3.63, 3.8) is 0 Å². The van der Waals surface area contributed by atoms with Crippen LogP contribution in [-0.2, 0) is 16.1 Å². The number of carbonyl (C=O) groups is 1. The van der Waals surface area contributed by atoms with E-state index in [2.05, 4.69) is 21.4 Å². The van der Waals surface area contributed by atoms with Crippen LogP contribution >= 0.6 is 0 Å². The van der Waals surface area contributed by atoms with E-state index in [1.165, 1.54) is 0 Å². The van der Waals surface area contributed by atoms with Gasteiger partial charge in [0, 0.05) is 36.5 Å². The van der Waals surface area contributed by atoms with Gasteiger partial charge < -0.3 is 19.7 Å². The summed E-state index contributed by atoms with van der Waals surface area (Å²) in [5.74, 6) is 1.62. The van der Waals surface area contributed by atoms with Gasteiger partial charge in [-0.1, -0.05) is 12.1 Å². The van der Waals surface area contributed by atoms with Crippen molar-refractivity contribution in [3.8, 4) is 16.9 Å². The van der Waals surface area contributed by atoms with Crippen molar-refractivity contribution in [3.05, 3.63) is 60.6 Å². The third kappa shape index (κ3) is 4.16. The number of benzene rings is 1. The molecule has 1 aliphatic carbocycles. The second-order valence-electron chi connectivity index (χ2n) is 8.58. The van der Waals surface area contributed by atoms with Gasteiger partial charge >= 0.3 is 0 Å². The number of hydrogen-bond donors (Lipinski definition) is 1. The molecule has 170 valence electrons. The first-order valence-corrected chi connectivity index (χ1v) is 11.4. The Kier molecular flexibility index (Phi) is 5.96. The molecule has 2 aliphatic rings. The lowest BCUT2D eigenvalue weighted by Crippen LogP contribution is -2.38. The number of rotatable bonds is 4. The van der Waals surface area contributed by atoms with E-state index in [0.29, 0.717) is 12.3 Å². The molecule has 1 fully saturated rings. The van der Waals surface area contributed by atoms with E-state index in [9.17, 15) is 4.79 Å². The maximum absolute atomic E-state index is 13.8. The summed E-state index contributed by atoms with van der Waals surface area (Å²) < 4.78 is 11.0. The van der Waals surface area contributed by atoms with Crippen molar-refractivity contribution in [2.24, 2.45) is 5.92 Å². The van der Waals surface area contributed by atoms with Gasteiger partial charge in [-0.25, -0.2) is 4.98 Å². The van der Waals surface area contributed by atoms with Crippen LogP contribution in [0.5, 0.6) is 5.75 Å². The van der Waals surface area contributed by atoms with E-state index in [1.54, 1.807) is 32.8 Å². The van der Waals surface area contributed by atoms with E-state index in [4.69, 9.17) is 9.47 Å². The monoisotopic (exact) mass is 444 g/mol. The highest BCUT2D eigenvalue weighted by molar-refractivity contribution is 6.00. The molecule has 1 aromatic carbocycles. The van der Waals surface area contributed by atoms with Gasteiger partial charge in [0.05, 0.1) is 37.3 Å². The Hall–Kier alpha value is -3.45. The molecule has 0 bridgehead atoms. The zero-order valence-electron chi connectivity index (χ0n) is 19.0. The topological polar surface area (TPSA) is 76.6 Å². The number of hydrogen-bond acceptors (Lipinski definition) is 6. The molecule has 0 radical (unpaired) electrons. The maximum Gasteiger partial charge on any atom is 0.230 e. The number of amides is 1. The number of nitrogens with one attached hydrogen (secondary N) is 1. The molecule has 1 N–H and O–H groups in total. The number of anilines is 3. The van der Waals surface area contributed by atoms with E-state index in [1.807, 2.05) is 35.2 Å². The Morgan fingerprint density at radius 3 is 2.73 bits per heavy atom. The van der Waals surface area contributed by atoms with Crippen molar-refractivity contribution in [1.82, 2.24) is 9.97 Å². The lowest BCUT2D eigenvalue weighted by Gasteiger charge is -2.32. The van der Waals surface area contributed by atoms with E-state index >= 15 is 0 Å². The lowest BCUT2D eigenvalue weighted by atomic mass is 9.86. The Bertz CT molecular complexity index is 1160. The van der Waals surface area contributed by atoms with Crippen LogP contribution in [0.4, 0.5) is 17.2 Å². The molecule has 1 aliphatic heterocycles. The fourth-order valence-electron chi connectivity index (χ4n) is 4.83. The summed E-state index contributed by atoms with van der Waals surface area (Å²) in [6, 6.07) is 12.0. The molecule has 0 atom stereocenters. The standard InChI is InChI=1S/C26H28N4O3/c1-32-20-8-5-17(6-9-20)26(31)30-16-19-4-3-12-28-25(19)29-22-10-7-18(14-23(22)30)21-11-13-27-15-24(21)33-2/h3-4,7,10-15,17,20H,5-6,8-9,16H2,1-2H3,(H,28,29). The predicted molar refractivity (Wildman–Crippen MR) is 128 cm³/mol. The first kappa shape index (κ1) is 21.4. The van der Waals surface area contributed by atoms with Crippen LogP contribution in [0, 0.1) is 5.92 Å². The number of methoxy groups -OCH3 is 2. The van der Waals surface area contributed by atoms with Crippen molar-refractivity contribution in [1.29, 1.82) is 0 Å². The molecule has 1 amide bonds. The zero-order chi connectivity index (χ0) is 22.8. The molecule has 2 aromatic heterocycles. The fraction of sp³-hybridized carbons (Fsp3) is 0.346. The van der Waals surface area contributed by atoms with Crippen LogP contribution in [0.2, 0.25) is 0 Å². The molecular weight excluding hydrogens is 416 g/mol. The van der Waals surface area contributed by atoms with E-state index in [0.717, 1.165) is 59.6 Å². The van der Waals surface area contributed by atoms with Crippen LogP contribution < -0.4 is 15.0 Å². The number of fused-ring (bicyclic) bond motifs is 2. The molecular formula is C26H28N4O3. The Morgan fingerprint density at radius 2 is 1.94 bits per heavy atom. The number of carbonyl (C=O) groups excluding carboxylic acids is 1. The van der Waals surface area contributed by atoms with E-state index < -0.39 is 0 Å². The molecule has 0 spiro atoms. The molecule has 0 saturated heterocycles. The van der Waals surface area contributed by atoms with Crippen LogP contribution in [0.15, 0.2) is 55.0 Å². The zero-order valence-corrected chi connectivity index (χ0v) is 19.0. The Balaban J connectivity index is 1.56. The average molecular weight is 445 g/mol. The molecule has 7 nitrogen and oxygen atoms in total. The van der Waals surface area contributed by atoms with Gasteiger partial charge in [-0.05, 0) is 55.5 Å². The van der Waals surface area contributed by atoms with Gasteiger partial charge in [0.2, 0.25) is 5.91 Å². The Labute approximate surface area is 193 Å². The third-order valence-corrected chi connectivity index (χ3v) is 6.70. The smallest absolute Gasteiger partial charge is 0.230 e. The van der Waals surface area contributed by atoms with Gasteiger partial charge in [0.25, 0.3) is 0 Å². The summed E-state index contributed by atoms with van der Waals surface area (Å²) >= 11 is 0. The molecule has 7 heteroatoms. The summed E-state index contributed by atoms with van der Waals surface area (Å²) in [4.78, 5) is 24.5. The van der Waals surface area contributed by atoms with Crippen LogP contribution in [0.1, 0.15) is 31.2 Å². The van der Waals surface area contributed by atoms with Gasteiger partial charge in [0.1, 0.15) is 11.6 Å². The largest absolute Gasteiger partial charge is 0.494 e. The second-order valence-corrected chi connectivity index (χ2v) is 8.58. The minimum absolute atomic E-state index is 0.0124. The SMILES string of the molecule is COc1cnccc1-c1ccc2c(c1)N(C(=O)C1CCC(OC)CC1)Cc1cccnc1N2. The van der Waals surface area contributed by atoms with Gasteiger partial charge in [-0.3, -0.25) is 9.78 Å². The van der Waals surface area contributed by atoms with Crippen LogP contribution in [0.3, 0.4) is 0 Å². The summed E-state index contributed by atoms with van der Waals surface area (Å²) in [6.45, 7) is 0.475. The summed E-state index contributed by atoms with van der Waals surface area (Å²) in [6.07, 6.45) is 8.99. The van der Waals surface area contributed by atoms with Crippen LogP contribution in [-0.4, -0.2) is 36.2 Å². The van der Waals surface area contributed by atoms with Gasteiger partial charge in [0.15, 0.2) is 0 Å². The second kappa shape index (κ2) is 9.19. The van der Waals surface area contributed by atoms with Crippen molar-refractivity contribution in [2.75, 3.05) is 24.4 Å². The number of ether oxygens (including phenoxy) is 2. The highest BCUT2D eigenvalue weighted by Gasteiger charge is 2.33. The van der Waals surface area contributed by atoms with Crippen molar-refractivity contribution < 1.29 is 14.3 Å². The number of aromatic nitrogens is 2. The molecule has 5 rings (SSSR count). The molecule has 33 heavy (non-hydrogen) atoms. The Morgan fingerprint density at radius 1 is 1.09 bits per heavy atom. The summed E-state index contributed by atoms with van der Waals surface area (Å²) in [5, 5.41) is 3.45. The quantitative estimate of drug-likeness (QED) is 0.614. The van der Waals surface area contributed by atoms with Gasteiger partial charge in [-0.2, -0.15) is 0 Å². The first-order valence-electron chi connectivity index (χ1n) is 11.4. The predicted octanol–water partition coefficient (Wildman–Crippen LogP) is 4.95. The van der Waals surface area contributed by atoms with Gasteiger partial charge in [-0.15, -0.1) is 0 Å². The normalized spacial score (nSPS) is 19.6. The minimum atomic E-state index is -0.0124. The summed E-state index contributed by atoms with van der Waals surface area (Å²) in [5.41, 5.74) is 4.61. The minimum Gasteiger partial charge on any atom is -0.494 e. The average Bonchev–Trinajstić information content (AvgIpc) is 3.04. The highest BCUT2D eigenvalue weighted by Crippen LogP contribution is 2.41. The van der Waals surface area contributed by atoms with Crippen molar-refractivity contribution >= 4 is 23.1 Å². The molecule has 3 aromatic rings. The summed E-state index contributed by atoms with van der Waals surface area (Å²) in [7, 11) is 3.39. The highest BCUT2D eigenvalue weighted by atomic mass is 16.5. The maximum atomic E-state index is 13.8. The number of pyridine rings is 2. The fourth-order valence-corrected chi connectivity index (χ4v) is 4.83.